The minimum atomic E-state index is -0.0702. The van der Waals surface area contributed by atoms with Crippen LogP contribution in [-0.4, -0.2) is 24.8 Å². The predicted molar refractivity (Wildman–Crippen MR) is 73.3 cm³/mol. The zero-order valence-corrected chi connectivity index (χ0v) is 11.4. The number of ketones is 2. The molecule has 1 aliphatic rings. The average molecular weight is 260 g/mol. The fourth-order valence-electron chi connectivity index (χ4n) is 2.35. The van der Waals surface area contributed by atoms with Gasteiger partial charge in [-0.3, -0.25) is 9.59 Å². The van der Waals surface area contributed by atoms with Gasteiger partial charge < -0.3 is 4.74 Å². The Morgan fingerprint density at radius 1 is 1.16 bits per heavy atom. The van der Waals surface area contributed by atoms with E-state index in [1.807, 2.05) is 24.3 Å². The highest BCUT2D eigenvalue weighted by Gasteiger charge is 2.23. The van der Waals surface area contributed by atoms with Crippen LogP contribution in [0.5, 0.6) is 0 Å². The Labute approximate surface area is 114 Å². The maximum absolute atomic E-state index is 12.0. The number of aryl methyl sites for hydroxylation is 1. The molecule has 0 radical (unpaired) electrons. The van der Waals surface area contributed by atoms with Gasteiger partial charge >= 0.3 is 0 Å². The molecular weight excluding hydrogens is 240 g/mol. The Bertz CT molecular complexity index is 442. The largest absolute Gasteiger partial charge is 0.381 e. The van der Waals surface area contributed by atoms with E-state index < -0.39 is 0 Å². The summed E-state index contributed by atoms with van der Waals surface area (Å²) in [5.74, 6) is -0.000344. The number of carbonyl (C=O) groups is 2. The van der Waals surface area contributed by atoms with E-state index in [9.17, 15) is 9.59 Å². The van der Waals surface area contributed by atoms with Crippen LogP contribution >= 0.6 is 0 Å². The van der Waals surface area contributed by atoms with Crippen molar-refractivity contribution in [1.29, 1.82) is 0 Å². The lowest BCUT2D eigenvalue weighted by molar-refractivity contribution is -0.124. The monoisotopic (exact) mass is 260 g/mol. The molecule has 1 saturated heterocycles. The topological polar surface area (TPSA) is 43.4 Å². The number of carbonyl (C=O) groups excluding carboxylic acids is 2. The molecule has 0 saturated carbocycles. The van der Waals surface area contributed by atoms with Crippen molar-refractivity contribution in [2.24, 2.45) is 5.92 Å². The first-order chi connectivity index (χ1) is 9.20. The molecule has 0 aromatic heterocycles. The molecule has 1 aromatic carbocycles. The summed E-state index contributed by atoms with van der Waals surface area (Å²) >= 11 is 0. The van der Waals surface area contributed by atoms with Gasteiger partial charge in [0, 0.05) is 24.7 Å². The highest BCUT2D eigenvalue weighted by Crippen LogP contribution is 2.18. The summed E-state index contributed by atoms with van der Waals surface area (Å²) < 4.78 is 5.23. The fraction of sp³-hybridized carbons (Fsp3) is 0.500. The fourth-order valence-corrected chi connectivity index (χ4v) is 2.35. The quantitative estimate of drug-likeness (QED) is 0.604. The van der Waals surface area contributed by atoms with Gasteiger partial charge in [-0.05, 0) is 24.8 Å². The molecule has 3 nitrogen and oxygen atoms in total. The first kappa shape index (κ1) is 13.9. The van der Waals surface area contributed by atoms with Crippen molar-refractivity contribution in [3.8, 4) is 0 Å². The van der Waals surface area contributed by atoms with E-state index in [4.69, 9.17) is 4.74 Å². The molecule has 19 heavy (non-hydrogen) atoms. The van der Waals surface area contributed by atoms with E-state index in [0.29, 0.717) is 18.8 Å². The van der Waals surface area contributed by atoms with Gasteiger partial charge in [-0.25, -0.2) is 0 Å². The number of hydrogen-bond donors (Lipinski definition) is 0. The predicted octanol–water partition coefficient (Wildman–Crippen LogP) is 2.82. The van der Waals surface area contributed by atoms with Crippen molar-refractivity contribution in [1.82, 2.24) is 0 Å². The molecule has 0 N–H and O–H groups in total. The van der Waals surface area contributed by atoms with Crippen LogP contribution in [0.2, 0.25) is 0 Å². The van der Waals surface area contributed by atoms with E-state index >= 15 is 0 Å². The van der Waals surface area contributed by atoms with Crippen LogP contribution in [-0.2, 0) is 16.0 Å². The van der Waals surface area contributed by atoms with Crippen LogP contribution in [0.3, 0.4) is 0 Å². The third-order valence-corrected chi connectivity index (χ3v) is 3.70. The molecule has 1 aromatic rings. The molecule has 0 aliphatic carbocycles. The Kier molecular flexibility index (Phi) is 4.86. The minimum Gasteiger partial charge on any atom is -0.381 e. The summed E-state index contributed by atoms with van der Waals surface area (Å²) in [6.07, 6.45) is 2.48. The van der Waals surface area contributed by atoms with Crippen LogP contribution in [0.15, 0.2) is 24.3 Å². The van der Waals surface area contributed by atoms with Crippen molar-refractivity contribution in [3.05, 3.63) is 35.4 Å². The van der Waals surface area contributed by atoms with Gasteiger partial charge in [0.25, 0.3) is 0 Å². The van der Waals surface area contributed by atoms with E-state index in [1.54, 1.807) is 0 Å². The molecule has 0 bridgehead atoms. The Hall–Kier alpha value is -1.48. The summed E-state index contributed by atoms with van der Waals surface area (Å²) in [5, 5.41) is 0. The molecule has 3 heteroatoms. The zero-order valence-electron chi connectivity index (χ0n) is 11.4. The number of benzene rings is 1. The van der Waals surface area contributed by atoms with Gasteiger partial charge in [-0.1, -0.05) is 31.2 Å². The summed E-state index contributed by atoms with van der Waals surface area (Å²) in [7, 11) is 0. The Morgan fingerprint density at radius 3 is 2.37 bits per heavy atom. The molecule has 102 valence electrons. The van der Waals surface area contributed by atoms with Crippen LogP contribution in [0.1, 0.15) is 42.1 Å². The zero-order chi connectivity index (χ0) is 13.7. The third-order valence-electron chi connectivity index (χ3n) is 3.70. The SMILES string of the molecule is CCc1ccc(C(=O)CC(=O)C2CCOCC2)cc1. The standard InChI is InChI=1S/C16H20O3/c1-2-12-3-5-13(6-4-12)15(17)11-16(18)14-7-9-19-10-8-14/h3-6,14H,2,7-11H2,1H3. The van der Waals surface area contributed by atoms with Gasteiger partial charge in [-0.2, -0.15) is 0 Å². The molecule has 2 rings (SSSR count). The summed E-state index contributed by atoms with van der Waals surface area (Å²) in [4.78, 5) is 24.1. The maximum Gasteiger partial charge on any atom is 0.170 e. The van der Waals surface area contributed by atoms with Crippen molar-refractivity contribution in [2.45, 2.75) is 32.6 Å². The Morgan fingerprint density at radius 2 is 1.79 bits per heavy atom. The smallest absolute Gasteiger partial charge is 0.170 e. The van der Waals surface area contributed by atoms with E-state index in [2.05, 4.69) is 6.92 Å². The number of Topliss-reactive ketones (excluding diaryl/α,β-unsaturated/α-hetero) is 2. The molecule has 0 unspecified atom stereocenters. The van der Waals surface area contributed by atoms with Crippen molar-refractivity contribution < 1.29 is 14.3 Å². The number of ether oxygens (including phenoxy) is 1. The molecule has 1 aliphatic heterocycles. The van der Waals surface area contributed by atoms with Crippen LogP contribution < -0.4 is 0 Å². The van der Waals surface area contributed by atoms with E-state index in [0.717, 1.165) is 19.3 Å². The van der Waals surface area contributed by atoms with Gasteiger partial charge in [0.05, 0.1) is 6.42 Å². The third kappa shape index (κ3) is 3.74. The summed E-state index contributed by atoms with van der Waals surface area (Å²) in [6.45, 7) is 3.34. The molecular formula is C16H20O3. The van der Waals surface area contributed by atoms with Crippen LogP contribution in [0, 0.1) is 5.92 Å². The lowest BCUT2D eigenvalue weighted by Crippen LogP contribution is -2.25. The van der Waals surface area contributed by atoms with Crippen LogP contribution in [0.4, 0.5) is 0 Å². The minimum absolute atomic E-state index is 0.00705. The Balaban J connectivity index is 1.93. The lowest BCUT2D eigenvalue weighted by Gasteiger charge is -2.20. The number of rotatable bonds is 5. The van der Waals surface area contributed by atoms with Crippen LogP contribution in [0.25, 0.3) is 0 Å². The summed E-state index contributed by atoms with van der Waals surface area (Å²) in [6, 6.07) is 7.54. The van der Waals surface area contributed by atoms with Gasteiger partial charge in [0.15, 0.2) is 5.78 Å². The molecule has 0 atom stereocenters. The highest BCUT2D eigenvalue weighted by atomic mass is 16.5. The number of hydrogen-bond acceptors (Lipinski definition) is 3. The second-order valence-electron chi connectivity index (χ2n) is 5.00. The second-order valence-corrected chi connectivity index (χ2v) is 5.00. The van der Waals surface area contributed by atoms with Crippen molar-refractivity contribution in [3.63, 3.8) is 0 Å². The average Bonchev–Trinajstić information content (AvgIpc) is 2.48. The first-order valence-corrected chi connectivity index (χ1v) is 6.93. The van der Waals surface area contributed by atoms with Gasteiger partial charge in [-0.15, -0.1) is 0 Å². The lowest BCUT2D eigenvalue weighted by atomic mass is 9.91. The van der Waals surface area contributed by atoms with Gasteiger partial charge in [0.1, 0.15) is 5.78 Å². The highest BCUT2D eigenvalue weighted by molar-refractivity contribution is 6.08. The second kappa shape index (κ2) is 6.62. The maximum atomic E-state index is 12.0. The first-order valence-electron chi connectivity index (χ1n) is 6.93. The van der Waals surface area contributed by atoms with Crippen molar-refractivity contribution in [2.75, 3.05) is 13.2 Å². The molecule has 0 spiro atoms. The molecule has 1 heterocycles. The van der Waals surface area contributed by atoms with Crippen molar-refractivity contribution >= 4 is 11.6 Å². The molecule has 0 amide bonds. The van der Waals surface area contributed by atoms with Gasteiger partial charge in [0.2, 0.25) is 0 Å². The van der Waals surface area contributed by atoms with E-state index in [1.165, 1.54) is 5.56 Å². The summed E-state index contributed by atoms with van der Waals surface area (Å²) in [5.41, 5.74) is 1.84. The normalized spacial score (nSPS) is 16.3. The molecule has 1 fully saturated rings. The van der Waals surface area contributed by atoms with E-state index in [-0.39, 0.29) is 23.9 Å².